The molecule has 0 atom stereocenters. The van der Waals surface area contributed by atoms with Crippen LogP contribution in [0.2, 0.25) is 0 Å². The summed E-state index contributed by atoms with van der Waals surface area (Å²) in [5.74, 6) is -0.325. The SMILES string of the molecule is CCn1cc(COc2ccc(C)cc2C=CC(=O)O)cn1. The first-order chi connectivity index (χ1) is 10.1. The summed E-state index contributed by atoms with van der Waals surface area (Å²) in [4.78, 5) is 10.6. The molecule has 1 aromatic heterocycles. The Morgan fingerprint density at radius 2 is 2.29 bits per heavy atom. The van der Waals surface area contributed by atoms with E-state index < -0.39 is 5.97 Å². The number of aromatic nitrogens is 2. The van der Waals surface area contributed by atoms with Crippen LogP contribution in [0, 0.1) is 6.92 Å². The van der Waals surface area contributed by atoms with Crippen LogP contribution in [-0.2, 0) is 17.9 Å². The minimum absolute atomic E-state index is 0.400. The molecule has 0 aliphatic heterocycles. The van der Waals surface area contributed by atoms with Gasteiger partial charge < -0.3 is 9.84 Å². The molecule has 0 fully saturated rings. The topological polar surface area (TPSA) is 64.3 Å². The average molecular weight is 286 g/mol. The maximum absolute atomic E-state index is 10.6. The number of aliphatic carboxylic acids is 1. The summed E-state index contributed by atoms with van der Waals surface area (Å²) in [5.41, 5.74) is 2.78. The van der Waals surface area contributed by atoms with Gasteiger partial charge in [-0.15, -0.1) is 0 Å². The van der Waals surface area contributed by atoms with Gasteiger partial charge in [-0.05, 0) is 32.1 Å². The van der Waals surface area contributed by atoms with Crippen LogP contribution in [0.5, 0.6) is 5.75 Å². The second kappa shape index (κ2) is 6.74. The maximum Gasteiger partial charge on any atom is 0.328 e. The molecule has 1 heterocycles. The standard InChI is InChI=1S/C16H18N2O3/c1-3-18-10-13(9-17-18)11-21-15-6-4-12(2)8-14(15)5-7-16(19)20/h4-10H,3,11H2,1-2H3,(H,19,20). The van der Waals surface area contributed by atoms with E-state index >= 15 is 0 Å². The molecule has 110 valence electrons. The van der Waals surface area contributed by atoms with Gasteiger partial charge in [-0.1, -0.05) is 11.6 Å². The van der Waals surface area contributed by atoms with Crippen LogP contribution in [0.4, 0.5) is 0 Å². The van der Waals surface area contributed by atoms with Gasteiger partial charge in [0, 0.05) is 29.9 Å². The lowest BCUT2D eigenvalue weighted by molar-refractivity contribution is -0.131. The first-order valence-electron chi connectivity index (χ1n) is 6.74. The van der Waals surface area contributed by atoms with Crippen molar-refractivity contribution in [1.82, 2.24) is 9.78 Å². The maximum atomic E-state index is 10.6. The van der Waals surface area contributed by atoms with Crippen LogP contribution in [0.1, 0.15) is 23.6 Å². The zero-order valence-corrected chi connectivity index (χ0v) is 12.1. The van der Waals surface area contributed by atoms with E-state index in [0.29, 0.717) is 12.4 Å². The van der Waals surface area contributed by atoms with E-state index in [-0.39, 0.29) is 0 Å². The minimum atomic E-state index is -0.980. The quantitative estimate of drug-likeness (QED) is 0.829. The zero-order chi connectivity index (χ0) is 15.2. The van der Waals surface area contributed by atoms with Gasteiger partial charge in [-0.2, -0.15) is 5.10 Å². The van der Waals surface area contributed by atoms with E-state index in [1.54, 1.807) is 12.3 Å². The molecular weight excluding hydrogens is 268 g/mol. The van der Waals surface area contributed by atoms with Crippen molar-refractivity contribution in [2.24, 2.45) is 0 Å². The molecule has 1 N–H and O–H groups in total. The van der Waals surface area contributed by atoms with E-state index in [9.17, 15) is 4.79 Å². The van der Waals surface area contributed by atoms with Crippen molar-refractivity contribution in [1.29, 1.82) is 0 Å². The molecule has 0 saturated carbocycles. The van der Waals surface area contributed by atoms with Crippen molar-refractivity contribution in [2.75, 3.05) is 0 Å². The molecule has 0 radical (unpaired) electrons. The van der Waals surface area contributed by atoms with Crippen LogP contribution in [-0.4, -0.2) is 20.9 Å². The predicted octanol–water partition coefficient (Wildman–Crippen LogP) is 2.89. The fraction of sp³-hybridized carbons (Fsp3) is 0.250. The third-order valence-electron chi connectivity index (χ3n) is 2.98. The molecule has 0 aliphatic rings. The lowest BCUT2D eigenvalue weighted by Crippen LogP contribution is -1.97. The van der Waals surface area contributed by atoms with Gasteiger partial charge in [-0.25, -0.2) is 4.79 Å². The van der Waals surface area contributed by atoms with E-state index in [4.69, 9.17) is 9.84 Å². The molecule has 0 saturated heterocycles. The second-order valence-corrected chi connectivity index (χ2v) is 4.71. The predicted molar refractivity (Wildman–Crippen MR) is 80.1 cm³/mol. The normalized spacial score (nSPS) is 11.0. The Balaban J connectivity index is 2.13. The largest absolute Gasteiger partial charge is 0.488 e. The van der Waals surface area contributed by atoms with Crippen molar-refractivity contribution >= 4 is 12.0 Å². The summed E-state index contributed by atoms with van der Waals surface area (Å²) >= 11 is 0. The number of nitrogens with zero attached hydrogens (tertiary/aromatic N) is 2. The molecule has 21 heavy (non-hydrogen) atoms. The van der Waals surface area contributed by atoms with Gasteiger partial charge in [0.25, 0.3) is 0 Å². The third-order valence-corrected chi connectivity index (χ3v) is 2.98. The Bertz CT molecular complexity index is 659. The number of benzene rings is 1. The van der Waals surface area contributed by atoms with Crippen LogP contribution in [0.25, 0.3) is 6.08 Å². The molecular formula is C16H18N2O3. The summed E-state index contributed by atoms with van der Waals surface area (Å²) in [6.07, 6.45) is 6.35. The Labute approximate surface area is 123 Å². The Morgan fingerprint density at radius 1 is 1.48 bits per heavy atom. The van der Waals surface area contributed by atoms with Crippen LogP contribution in [0.15, 0.2) is 36.7 Å². The molecule has 5 nitrogen and oxygen atoms in total. The minimum Gasteiger partial charge on any atom is -0.488 e. The van der Waals surface area contributed by atoms with Gasteiger partial charge >= 0.3 is 5.97 Å². The van der Waals surface area contributed by atoms with Gasteiger partial charge in [0.2, 0.25) is 0 Å². The molecule has 0 bridgehead atoms. The van der Waals surface area contributed by atoms with E-state index in [0.717, 1.165) is 29.3 Å². The number of carbonyl (C=O) groups is 1. The number of carboxylic acid groups (broad SMARTS) is 1. The van der Waals surface area contributed by atoms with Gasteiger partial charge in [0.1, 0.15) is 12.4 Å². The van der Waals surface area contributed by atoms with E-state index in [1.165, 1.54) is 0 Å². The summed E-state index contributed by atoms with van der Waals surface area (Å²) in [6.45, 7) is 5.19. The first-order valence-corrected chi connectivity index (χ1v) is 6.74. The molecule has 0 amide bonds. The molecule has 0 spiro atoms. The zero-order valence-electron chi connectivity index (χ0n) is 12.1. The lowest BCUT2D eigenvalue weighted by Gasteiger charge is -2.09. The van der Waals surface area contributed by atoms with Gasteiger partial charge in [-0.3, -0.25) is 4.68 Å². The fourth-order valence-corrected chi connectivity index (χ4v) is 1.91. The van der Waals surface area contributed by atoms with Crippen LogP contribution in [0.3, 0.4) is 0 Å². The second-order valence-electron chi connectivity index (χ2n) is 4.71. The van der Waals surface area contributed by atoms with Gasteiger partial charge in [0.05, 0.1) is 6.20 Å². The fourth-order valence-electron chi connectivity index (χ4n) is 1.91. The highest BCUT2D eigenvalue weighted by Gasteiger charge is 2.04. The van der Waals surface area contributed by atoms with Gasteiger partial charge in [0.15, 0.2) is 0 Å². The highest BCUT2D eigenvalue weighted by atomic mass is 16.5. The molecule has 2 aromatic rings. The lowest BCUT2D eigenvalue weighted by atomic mass is 10.1. The van der Waals surface area contributed by atoms with E-state index in [2.05, 4.69) is 5.10 Å². The Hall–Kier alpha value is -2.56. The summed E-state index contributed by atoms with van der Waals surface area (Å²) in [6, 6.07) is 5.67. The highest BCUT2D eigenvalue weighted by molar-refractivity contribution is 5.85. The summed E-state index contributed by atoms with van der Waals surface area (Å²) in [5, 5.41) is 12.9. The molecule has 0 unspecified atom stereocenters. The molecule has 2 rings (SSSR count). The van der Waals surface area contributed by atoms with Crippen molar-refractivity contribution in [3.05, 3.63) is 53.4 Å². The Kier molecular flexibility index (Phi) is 4.77. The van der Waals surface area contributed by atoms with Crippen LogP contribution >= 0.6 is 0 Å². The smallest absolute Gasteiger partial charge is 0.328 e. The van der Waals surface area contributed by atoms with Crippen molar-refractivity contribution < 1.29 is 14.6 Å². The number of rotatable bonds is 6. The number of ether oxygens (including phenoxy) is 1. The third kappa shape index (κ3) is 4.21. The first kappa shape index (κ1) is 14.8. The summed E-state index contributed by atoms with van der Waals surface area (Å²) < 4.78 is 7.60. The van der Waals surface area contributed by atoms with Crippen molar-refractivity contribution in [3.8, 4) is 5.75 Å². The monoisotopic (exact) mass is 286 g/mol. The number of carboxylic acids is 1. The van der Waals surface area contributed by atoms with Crippen LogP contribution < -0.4 is 4.74 Å². The number of hydrogen-bond acceptors (Lipinski definition) is 3. The molecule has 0 aliphatic carbocycles. The number of aryl methyl sites for hydroxylation is 2. The number of hydrogen-bond donors (Lipinski definition) is 1. The molecule has 1 aromatic carbocycles. The van der Waals surface area contributed by atoms with Crippen molar-refractivity contribution in [2.45, 2.75) is 27.0 Å². The van der Waals surface area contributed by atoms with E-state index in [1.807, 2.05) is 42.9 Å². The highest BCUT2D eigenvalue weighted by Crippen LogP contribution is 2.22. The summed E-state index contributed by atoms with van der Waals surface area (Å²) in [7, 11) is 0. The average Bonchev–Trinajstić information content (AvgIpc) is 2.92. The Morgan fingerprint density at radius 3 is 2.95 bits per heavy atom. The molecule has 5 heteroatoms. The van der Waals surface area contributed by atoms with Crippen molar-refractivity contribution in [3.63, 3.8) is 0 Å².